The van der Waals surface area contributed by atoms with Crippen LogP contribution < -0.4 is 4.72 Å². The average molecular weight is 416 g/mol. The molecule has 1 amide bonds. The van der Waals surface area contributed by atoms with Crippen LogP contribution in [0.15, 0.2) is 36.7 Å². The molecule has 28 heavy (non-hydrogen) atoms. The van der Waals surface area contributed by atoms with E-state index in [4.69, 9.17) is 16.7 Å². The third-order valence-electron chi connectivity index (χ3n) is 4.99. The van der Waals surface area contributed by atoms with Crippen molar-refractivity contribution in [1.29, 1.82) is 0 Å². The zero-order chi connectivity index (χ0) is 19.7. The SMILES string of the molecule is CSNc1ccc(Cl)cc1C(=O)N1CCCCC1c1cc2ncc(C)cn2n1. The van der Waals surface area contributed by atoms with Crippen LogP contribution in [-0.4, -0.2) is 38.2 Å². The largest absolute Gasteiger partial charge is 0.330 e. The third-order valence-corrected chi connectivity index (χ3v) is 5.65. The molecule has 1 aliphatic heterocycles. The molecule has 1 N–H and O–H groups in total. The minimum Gasteiger partial charge on any atom is -0.330 e. The number of likely N-dealkylation sites (tertiary alicyclic amines) is 1. The number of piperidine rings is 1. The molecule has 4 rings (SSSR count). The van der Waals surface area contributed by atoms with Crippen molar-refractivity contribution in [3.63, 3.8) is 0 Å². The standard InChI is InChI=1S/C20H22ClN5OS/c1-13-11-22-19-10-17(23-26(19)12-13)18-5-3-4-8-25(18)20(27)15-9-14(21)6-7-16(15)24-28-2/h6-7,9-12,18,24H,3-5,8H2,1-2H3. The molecule has 0 saturated carbocycles. The Morgan fingerprint density at radius 2 is 2.18 bits per heavy atom. The molecule has 1 fully saturated rings. The number of benzene rings is 1. The molecule has 1 aliphatic rings. The molecule has 1 aromatic carbocycles. The highest BCUT2D eigenvalue weighted by molar-refractivity contribution is 7.99. The van der Waals surface area contributed by atoms with Gasteiger partial charge in [0.25, 0.3) is 5.91 Å². The van der Waals surface area contributed by atoms with E-state index in [-0.39, 0.29) is 11.9 Å². The normalized spacial score (nSPS) is 17.1. The minimum absolute atomic E-state index is 0.0232. The number of anilines is 1. The maximum absolute atomic E-state index is 13.5. The Hall–Kier alpha value is -2.25. The van der Waals surface area contributed by atoms with Crippen LogP contribution in [0, 0.1) is 6.92 Å². The van der Waals surface area contributed by atoms with Crippen LogP contribution in [-0.2, 0) is 0 Å². The molecule has 0 bridgehead atoms. The smallest absolute Gasteiger partial charge is 0.256 e. The molecule has 6 nitrogen and oxygen atoms in total. The second-order valence-electron chi connectivity index (χ2n) is 7.01. The highest BCUT2D eigenvalue weighted by Crippen LogP contribution is 2.34. The lowest BCUT2D eigenvalue weighted by molar-refractivity contribution is 0.0607. The van der Waals surface area contributed by atoms with E-state index in [1.54, 1.807) is 16.6 Å². The zero-order valence-corrected chi connectivity index (χ0v) is 17.4. The van der Waals surface area contributed by atoms with E-state index in [9.17, 15) is 4.79 Å². The number of halogens is 1. The summed E-state index contributed by atoms with van der Waals surface area (Å²) < 4.78 is 4.98. The Labute approximate surface area is 173 Å². The number of carbonyl (C=O) groups is 1. The highest BCUT2D eigenvalue weighted by atomic mass is 35.5. The lowest BCUT2D eigenvalue weighted by Gasteiger charge is -2.35. The molecule has 1 unspecified atom stereocenters. The summed E-state index contributed by atoms with van der Waals surface area (Å²) in [5.74, 6) is -0.0232. The van der Waals surface area contributed by atoms with Crippen LogP contribution in [0.2, 0.25) is 5.02 Å². The molecule has 3 heterocycles. The van der Waals surface area contributed by atoms with Crippen LogP contribution in [0.25, 0.3) is 5.65 Å². The van der Waals surface area contributed by atoms with Crippen molar-refractivity contribution in [2.45, 2.75) is 32.2 Å². The molecule has 8 heteroatoms. The maximum Gasteiger partial charge on any atom is 0.256 e. The van der Waals surface area contributed by atoms with Crippen molar-refractivity contribution in [3.05, 3.63) is 58.5 Å². The number of aromatic nitrogens is 3. The van der Waals surface area contributed by atoms with E-state index in [1.165, 1.54) is 11.9 Å². The molecular weight excluding hydrogens is 394 g/mol. The van der Waals surface area contributed by atoms with Gasteiger partial charge >= 0.3 is 0 Å². The third kappa shape index (κ3) is 3.69. The van der Waals surface area contributed by atoms with Gasteiger partial charge in [0.2, 0.25) is 0 Å². The summed E-state index contributed by atoms with van der Waals surface area (Å²) in [6.07, 6.45) is 8.66. The van der Waals surface area contributed by atoms with Gasteiger partial charge in [0.1, 0.15) is 0 Å². The predicted octanol–water partition coefficient (Wildman–Crippen LogP) is 4.75. The van der Waals surface area contributed by atoms with Gasteiger partial charge in [-0.2, -0.15) is 5.10 Å². The first kappa shape index (κ1) is 19.1. The second-order valence-corrected chi connectivity index (χ2v) is 8.06. The van der Waals surface area contributed by atoms with Crippen LogP contribution in [0.1, 0.15) is 46.9 Å². The van der Waals surface area contributed by atoms with Crippen LogP contribution in [0.4, 0.5) is 5.69 Å². The van der Waals surface area contributed by atoms with Gasteiger partial charge in [-0.1, -0.05) is 23.5 Å². The molecule has 0 radical (unpaired) electrons. The van der Waals surface area contributed by atoms with Gasteiger partial charge in [0, 0.05) is 36.3 Å². The van der Waals surface area contributed by atoms with Crippen molar-refractivity contribution in [1.82, 2.24) is 19.5 Å². The van der Waals surface area contributed by atoms with E-state index in [0.29, 0.717) is 17.1 Å². The number of fused-ring (bicyclic) bond motifs is 1. The monoisotopic (exact) mass is 415 g/mol. The second kappa shape index (κ2) is 8.01. The number of aryl methyl sites for hydroxylation is 1. The fraction of sp³-hybridized carbons (Fsp3) is 0.350. The summed E-state index contributed by atoms with van der Waals surface area (Å²) in [4.78, 5) is 19.8. The first-order valence-corrected chi connectivity index (χ1v) is 10.9. The molecule has 0 aliphatic carbocycles. The number of nitrogens with one attached hydrogen (secondary N) is 1. The fourth-order valence-electron chi connectivity index (χ4n) is 3.68. The Kier molecular flexibility index (Phi) is 5.46. The van der Waals surface area contributed by atoms with Crippen LogP contribution >= 0.6 is 23.5 Å². The number of hydrogen-bond donors (Lipinski definition) is 1. The van der Waals surface area contributed by atoms with E-state index in [1.807, 2.05) is 42.6 Å². The predicted molar refractivity (Wildman–Crippen MR) is 114 cm³/mol. The van der Waals surface area contributed by atoms with E-state index in [0.717, 1.165) is 41.9 Å². The summed E-state index contributed by atoms with van der Waals surface area (Å²) >= 11 is 7.64. The summed E-state index contributed by atoms with van der Waals surface area (Å²) in [6, 6.07) is 7.30. The van der Waals surface area contributed by atoms with Gasteiger partial charge in [-0.3, -0.25) is 4.79 Å². The zero-order valence-electron chi connectivity index (χ0n) is 15.9. The van der Waals surface area contributed by atoms with Crippen molar-refractivity contribution in [2.75, 3.05) is 17.5 Å². The van der Waals surface area contributed by atoms with Gasteiger partial charge in [-0.15, -0.1) is 0 Å². The Balaban J connectivity index is 1.70. The number of hydrogen-bond acceptors (Lipinski definition) is 5. The molecule has 3 aromatic rings. The molecular formula is C20H22ClN5OS. The molecule has 2 aromatic heterocycles. The van der Waals surface area contributed by atoms with Gasteiger partial charge in [-0.25, -0.2) is 9.50 Å². The topological polar surface area (TPSA) is 62.5 Å². The Bertz CT molecular complexity index is 1020. The Morgan fingerprint density at radius 1 is 1.32 bits per heavy atom. The van der Waals surface area contributed by atoms with Gasteiger partial charge < -0.3 is 9.62 Å². The molecule has 1 atom stereocenters. The number of amides is 1. The van der Waals surface area contributed by atoms with E-state index < -0.39 is 0 Å². The lowest BCUT2D eigenvalue weighted by atomic mass is 9.98. The van der Waals surface area contributed by atoms with E-state index >= 15 is 0 Å². The van der Waals surface area contributed by atoms with Crippen LogP contribution in [0.3, 0.4) is 0 Å². The van der Waals surface area contributed by atoms with Gasteiger partial charge in [0.05, 0.1) is 23.0 Å². The lowest BCUT2D eigenvalue weighted by Crippen LogP contribution is -2.39. The van der Waals surface area contributed by atoms with Gasteiger partial charge in [0.15, 0.2) is 5.65 Å². The van der Waals surface area contributed by atoms with Crippen LogP contribution in [0.5, 0.6) is 0 Å². The van der Waals surface area contributed by atoms with Crippen molar-refractivity contribution >= 4 is 40.8 Å². The highest BCUT2D eigenvalue weighted by Gasteiger charge is 2.31. The quantitative estimate of drug-likeness (QED) is 0.623. The number of rotatable bonds is 4. The first-order valence-electron chi connectivity index (χ1n) is 9.28. The first-order chi connectivity index (χ1) is 13.6. The maximum atomic E-state index is 13.5. The summed E-state index contributed by atoms with van der Waals surface area (Å²) in [6.45, 7) is 2.69. The van der Waals surface area contributed by atoms with Crippen molar-refractivity contribution in [2.24, 2.45) is 0 Å². The number of carbonyl (C=O) groups excluding carboxylic acids is 1. The number of nitrogens with zero attached hydrogens (tertiary/aromatic N) is 4. The van der Waals surface area contributed by atoms with Crippen molar-refractivity contribution < 1.29 is 4.79 Å². The Morgan fingerprint density at radius 3 is 3.00 bits per heavy atom. The fourth-order valence-corrected chi connectivity index (χ4v) is 4.25. The summed E-state index contributed by atoms with van der Waals surface area (Å²) in [7, 11) is 0. The average Bonchev–Trinajstić information content (AvgIpc) is 3.12. The van der Waals surface area contributed by atoms with E-state index in [2.05, 4.69) is 9.71 Å². The molecule has 0 spiro atoms. The van der Waals surface area contributed by atoms with Gasteiger partial charge in [-0.05, 0) is 49.9 Å². The summed E-state index contributed by atoms with van der Waals surface area (Å²) in [5, 5.41) is 5.27. The summed E-state index contributed by atoms with van der Waals surface area (Å²) in [5.41, 5.74) is 4.09. The minimum atomic E-state index is -0.0654. The molecule has 146 valence electrons. The van der Waals surface area contributed by atoms with Crippen molar-refractivity contribution in [3.8, 4) is 0 Å². The molecule has 1 saturated heterocycles.